The number of nitrogens with zero attached hydrogens (tertiary/aromatic N) is 2. The van der Waals surface area contributed by atoms with Crippen molar-refractivity contribution >= 4 is 17.8 Å². The summed E-state index contributed by atoms with van der Waals surface area (Å²) in [6, 6.07) is 7.69. The summed E-state index contributed by atoms with van der Waals surface area (Å²) >= 11 is 0. The minimum atomic E-state index is -1.85. The minimum absolute atomic E-state index is 0.00954. The molecule has 1 unspecified atom stereocenters. The lowest BCUT2D eigenvalue weighted by atomic mass is 9.91. The molecule has 1 aliphatic carbocycles. The van der Waals surface area contributed by atoms with Crippen LogP contribution >= 0.6 is 0 Å². The van der Waals surface area contributed by atoms with Crippen LogP contribution in [0.2, 0.25) is 0 Å². The maximum absolute atomic E-state index is 14.3. The predicted octanol–water partition coefficient (Wildman–Crippen LogP) is 3.06. The fourth-order valence-electron chi connectivity index (χ4n) is 3.75. The number of rotatable bonds is 6. The third kappa shape index (κ3) is 3.87. The molecule has 0 bridgehead atoms. The smallest absolute Gasteiger partial charge is 0.325 e. The van der Waals surface area contributed by atoms with Gasteiger partial charge in [-0.2, -0.15) is 0 Å². The van der Waals surface area contributed by atoms with Crippen LogP contribution in [0.15, 0.2) is 42.5 Å². The number of hydrogen-bond acceptors (Lipinski definition) is 3. The van der Waals surface area contributed by atoms with Gasteiger partial charge in [-0.1, -0.05) is 18.2 Å². The summed E-state index contributed by atoms with van der Waals surface area (Å²) in [6.45, 7) is 0.686. The summed E-state index contributed by atoms with van der Waals surface area (Å²) in [5.74, 6) is -3.47. The van der Waals surface area contributed by atoms with Gasteiger partial charge < -0.3 is 10.2 Å². The zero-order valence-electron chi connectivity index (χ0n) is 16.7. The number of imide groups is 1. The van der Waals surface area contributed by atoms with Crippen LogP contribution in [0.3, 0.4) is 0 Å². The molecule has 1 atom stereocenters. The van der Waals surface area contributed by atoms with E-state index < -0.39 is 47.4 Å². The normalized spacial score (nSPS) is 20.7. The number of nitrogens with one attached hydrogen (secondary N) is 1. The molecule has 31 heavy (non-hydrogen) atoms. The number of halogens is 3. The first-order chi connectivity index (χ1) is 14.7. The third-order valence-electron chi connectivity index (χ3n) is 5.64. The van der Waals surface area contributed by atoms with Crippen molar-refractivity contribution < 1.29 is 27.6 Å². The first-order valence-electron chi connectivity index (χ1n) is 9.83. The van der Waals surface area contributed by atoms with E-state index in [-0.39, 0.29) is 18.2 Å². The van der Waals surface area contributed by atoms with E-state index in [1.807, 2.05) is 0 Å². The quantitative estimate of drug-likeness (QED) is 0.715. The second-order valence-corrected chi connectivity index (χ2v) is 7.91. The molecule has 162 valence electrons. The molecule has 2 fully saturated rings. The van der Waals surface area contributed by atoms with Crippen molar-refractivity contribution in [2.24, 2.45) is 0 Å². The van der Waals surface area contributed by atoms with E-state index in [2.05, 4.69) is 5.32 Å². The lowest BCUT2D eigenvalue weighted by Crippen LogP contribution is -2.45. The first-order valence-corrected chi connectivity index (χ1v) is 9.83. The van der Waals surface area contributed by atoms with E-state index in [1.54, 1.807) is 18.2 Å². The molecule has 0 aromatic heterocycles. The fraction of sp³-hybridized carbons (Fsp3) is 0.318. The van der Waals surface area contributed by atoms with Gasteiger partial charge >= 0.3 is 6.03 Å². The molecule has 1 N–H and O–H groups in total. The summed E-state index contributed by atoms with van der Waals surface area (Å²) in [5.41, 5.74) is -1.85. The van der Waals surface area contributed by atoms with Gasteiger partial charge in [0, 0.05) is 23.7 Å². The van der Waals surface area contributed by atoms with Crippen molar-refractivity contribution in [3.8, 4) is 0 Å². The van der Waals surface area contributed by atoms with Gasteiger partial charge in [-0.25, -0.2) is 18.0 Å². The van der Waals surface area contributed by atoms with Crippen molar-refractivity contribution in [2.75, 3.05) is 6.54 Å². The van der Waals surface area contributed by atoms with Crippen LogP contribution in [0.4, 0.5) is 18.0 Å². The maximum atomic E-state index is 14.3. The molecule has 1 heterocycles. The van der Waals surface area contributed by atoms with Gasteiger partial charge in [0.2, 0.25) is 5.91 Å². The van der Waals surface area contributed by atoms with Gasteiger partial charge in [0.1, 0.15) is 29.5 Å². The number of carbonyl (C=O) groups is 3. The highest BCUT2D eigenvalue weighted by Crippen LogP contribution is 2.33. The molecule has 6 nitrogen and oxygen atoms in total. The largest absolute Gasteiger partial charge is 0.334 e. The van der Waals surface area contributed by atoms with Crippen molar-refractivity contribution in [1.82, 2.24) is 15.1 Å². The summed E-state index contributed by atoms with van der Waals surface area (Å²) < 4.78 is 42.0. The molecule has 9 heteroatoms. The van der Waals surface area contributed by atoms with Gasteiger partial charge in [-0.15, -0.1) is 0 Å². The molecule has 1 aliphatic heterocycles. The van der Waals surface area contributed by atoms with E-state index in [0.717, 1.165) is 31.0 Å². The highest BCUT2D eigenvalue weighted by atomic mass is 19.1. The van der Waals surface area contributed by atoms with Gasteiger partial charge in [0.15, 0.2) is 0 Å². The molecule has 2 aromatic rings. The Morgan fingerprint density at radius 1 is 1.13 bits per heavy atom. The van der Waals surface area contributed by atoms with Gasteiger partial charge in [0.05, 0.1) is 0 Å². The predicted molar refractivity (Wildman–Crippen MR) is 104 cm³/mol. The maximum Gasteiger partial charge on any atom is 0.325 e. The highest BCUT2D eigenvalue weighted by Gasteiger charge is 2.51. The summed E-state index contributed by atoms with van der Waals surface area (Å²) in [5, 5.41) is 2.36. The molecular formula is C22H20F3N3O3. The van der Waals surface area contributed by atoms with Crippen LogP contribution in [0.25, 0.3) is 0 Å². The van der Waals surface area contributed by atoms with Crippen molar-refractivity contribution in [1.29, 1.82) is 0 Å². The van der Waals surface area contributed by atoms with Crippen LogP contribution in [-0.2, 0) is 21.7 Å². The van der Waals surface area contributed by atoms with Gasteiger partial charge in [0.25, 0.3) is 5.91 Å². The number of benzene rings is 2. The molecular weight excluding hydrogens is 411 g/mol. The number of urea groups is 1. The van der Waals surface area contributed by atoms with Crippen LogP contribution in [0.1, 0.15) is 30.9 Å². The second kappa shape index (κ2) is 7.72. The topological polar surface area (TPSA) is 69.7 Å². The van der Waals surface area contributed by atoms with Crippen molar-refractivity contribution in [3.05, 3.63) is 71.0 Å². The molecule has 4 amide bonds. The number of hydrogen-bond donors (Lipinski definition) is 1. The SMILES string of the molecule is CC1(c2cc(F)ccc2F)NC(=O)N(CC(=O)N(Cc2ccccc2F)C2CC2)C1=O. The molecule has 1 saturated carbocycles. The average molecular weight is 431 g/mol. The Kier molecular flexibility index (Phi) is 5.20. The Morgan fingerprint density at radius 2 is 1.84 bits per heavy atom. The van der Waals surface area contributed by atoms with Crippen LogP contribution < -0.4 is 5.32 Å². The number of carbonyl (C=O) groups excluding carboxylic acids is 3. The number of amides is 4. The van der Waals surface area contributed by atoms with Gasteiger partial charge in [-0.3, -0.25) is 14.5 Å². The Morgan fingerprint density at radius 3 is 2.52 bits per heavy atom. The fourth-order valence-corrected chi connectivity index (χ4v) is 3.75. The van der Waals surface area contributed by atoms with Crippen LogP contribution in [0, 0.1) is 17.5 Å². The Balaban J connectivity index is 1.55. The Bertz CT molecular complexity index is 1070. The Labute approximate surface area is 176 Å². The molecule has 2 aliphatic rings. The Hall–Kier alpha value is -3.36. The lowest BCUT2D eigenvalue weighted by Gasteiger charge is -2.26. The monoisotopic (exact) mass is 431 g/mol. The average Bonchev–Trinajstić information content (AvgIpc) is 3.54. The molecule has 0 radical (unpaired) electrons. The van der Waals surface area contributed by atoms with E-state index in [0.29, 0.717) is 10.5 Å². The van der Waals surface area contributed by atoms with Gasteiger partial charge in [-0.05, 0) is 44.0 Å². The van der Waals surface area contributed by atoms with Crippen LogP contribution in [0.5, 0.6) is 0 Å². The van der Waals surface area contributed by atoms with Crippen LogP contribution in [-0.4, -0.2) is 40.2 Å². The molecule has 4 rings (SSSR count). The molecule has 1 saturated heterocycles. The molecule has 0 spiro atoms. The second-order valence-electron chi connectivity index (χ2n) is 7.91. The van der Waals surface area contributed by atoms with E-state index in [4.69, 9.17) is 0 Å². The van der Waals surface area contributed by atoms with E-state index in [1.165, 1.54) is 17.9 Å². The minimum Gasteiger partial charge on any atom is -0.334 e. The van der Waals surface area contributed by atoms with Crippen molar-refractivity contribution in [2.45, 2.75) is 37.9 Å². The third-order valence-corrected chi connectivity index (χ3v) is 5.64. The summed E-state index contributed by atoms with van der Waals surface area (Å²) in [6.07, 6.45) is 1.49. The lowest BCUT2D eigenvalue weighted by molar-refractivity contribution is -0.139. The standard InChI is InChI=1S/C22H20F3N3O3/c1-22(16-10-14(23)6-9-18(16)25)20(30)28(21(31)26-22)12-19(29)27(15-7-8-15)11-13-4-2-3-5-17(13)24/h2-6,9-10,15H,7-8,11-12H2,1H3,(H,26,31). The first kappa shape index (κ1) is 20.9. The zero-order chi connectivity index (χ0) is 22.3. The molecule has 2 aromatic carbocycles. The zero-order valence-corrected chi connectivity index (χ0v) is 16.7. The highest BCUT2D eigenvalue weighted by molar-refractivity contribution is 6.09. The van der Waals surface area contributed by atoms with Crippen molar-refractivity contribution in [3.63, 3.8) is 0 Å². The van der Waals surface area contributed by atoms with E-state index in [9.17, 15) is 27.6 Å². The summed E-state index contributed by atoms with van der Waals surface area (Å²) in [4.78, 5) is 40.5. The van der Waals surface area contributed by atoms with E-state index >= 15 is 0 Å². The summed E-state index contributed by atoms with van der Waals surface area (Å²) in [7, 11) is 0.